The second-order valence-electron chi connectivity index (χ2n) is 5.95. The maximum absolute atomic E-state index is 11.9. The van der Waals surface area contributed by atoms with Crippen LogP contribution in [0, 0.1) is 23.0 Å². The van der Waals surface area contributed by atoms with Crippen LogP contribution in [0.3, 0.4) is 0 Å². The number of hydrogen-bond donors (Lipinski definition) is 3. The molecule has 1 fully saturated rings. The molecule has 3 N–H and O–H groups in total. The second-order valence-corrected chi connectivity index (χ2v) is 5.95. The molecule has 1 amide bonds. The Labute approximate surface area is 135 Å². The highest BCUT2D eigenvalue weighted by atomic mass is 16.6. The fraction of sp³-hybridized carbons (Fsp3) is 0.562. The van der Waals surface area contributed by atoms with Crippen molar-refractivity contribution < 1.29 is 14.8 Å². The summed E-state index contributed by atoms with van der Waals surface area (Å²) in [7, 11) is 0. The van der Waals surface area contributed by atoms with E-state index in [0.29, 0.717) is 31.6 Å². The van der Waals surface area contributed by atoms with Crippen LogP contribution in [0.4, 0.5) is 11.4 Å². The van der Waals surface area contributed by atoms with Crippen molar-refractivity contribution in [3.63, 3.8) is 0 Å². The summed E-state index contributed by atoms with van der Waals surface area (Å²) in [4.78, 5) is 22.5. The van der Waals surface area contributed by atoms with Gasteiger partial charge in [0.25, 0.3) is 5.69 Å². The number of rotatable bonds is 7. The lowest BCUT2D eigenvalue weighted by atomic mass is 10.1. The quantitative estimate of drug-likeness (QED) is 0.405. The van der Waals surface area contributed by atoms with E-state index in [1.54, 1.807) is 6.07 Å². The zero-order valence-electron chi connectivity index (χ0n) is 13.2. The zero-order chi connectivity index (χ0) is 16.8. The Balaban J connectivity index is 1.73. The van der Waals surface area contributed by atoms with Gasteiger partial charge in [-0.25, -0.2) is 0 Å². The highest BCUT2D eigenvalue weighted by Crippen LogP contribution is 2.26. The van der Waals surface area contributed by atoms with Crippen LogP contribution >= 0.6 is 0 Å². The van der Waals surface area contributed by atoms with E-state index in [0.717, 1.165) is 18.4 Å². The Morgan fingerprint density at radius 1 is 1.39 bits per heavy atom. The normalized spacial score (nSPS) is 20.3. The van der Waals surface area contributed by atoms with Gasteiger partial charge in [-0.2, -0.15) is 0 Å². The lowest BCUT2D eigenvalue weighted by Gasteiger charge is -2.14. The lowest BCUT2D eigenvalue weighted by Crippen LogP contribution is -2.35. The fourth-order valence-electron chi connectivity index (χ4n) is 2.84. The van der Waals surface area contributed by atoms with Gasteiger partial charge in [-0.15, -0.1) is 0 Å². The Morgan fingerprint density at radius 3 is 2.83 bits per heavy atom. The van der Waals surface area contributed by atoms with Crippen LogP contribution in [0.25, 0.3) is 0 Å². The molecule has 1 aliphatic carbocycles. The highest BCUT2D eigenvalue weighted by Gasteiger charge is 2.30. The molecule has 0 saturated heterocycles. The summed E-state index contributed by atoms with van der Waals surface area (Å²) in [6.07, 6.45) is 2.44. The topological polar surface area (TPSA) is 104 Å². The van der Waals surface area contributed by atoms with Gasteiger partial charge in [0.1, 0.15) is 5.69 Å². The number of aryl methyl sites for hydroxylation is 1. The third kappa shape index (κ3) is 4.66. The molecule has 1 saturated carbocycles. The van der Waals surface area contributed by atoms with Crippen molar-refractivity contribution in [2.75, 3.05) is 18.4 Å². The van der Waals surface area contributed by atoms with Crippen LogP contribution in [0.2, 0.25) is 0 Å². The van der Waals surface area contributed by atoms with Gasteiger partial charge in [0.15, 0.2) is 0 Å². The Hall–Kier alpha value is -2.15. The molecule has 0 aliphatic heterocycles. The predicted octanol–water partition coefficient (Wildman–Crippen LogP) is 1.98. The number of hydrogen-bond acceptors (Lipinski definition) is 5. The van der Waals surface area contributed by atoms with E-state index in [9.17, 15) is 20.0 Å². The Kier molecular flexibility index (Phi) is 5.92. The molecule has 1 aromatic rings. The molecule has 126 valence electrons. The van der Waals surface area contributed by atoms with Crippen molar-refractivity contribution >= 4 is 17.3 Å². The highest BCUT2D eigenvalue weighted by molar-refractivity contribution is 5.79. The molecule has 0 spiro atoms. The number of nitrogens with zero attached hydrogens (tertiary/aromatic N) is 1. The standard InChI is InChI=1S/C16H23N3O4/c1-11-6-7-13(14(10-11)19(22)23)17-8-3-9-18-16(21)12-4-2-5-15(12)20/h6-7,10,12,15,17,20H,2-5,8-9H2,1H3,(H,18,21). The first-order valence-corrected chi connectivity index (χ1v) is 7.93. The first-order chi connectivity index (χ1) is 11.0. The van der Waals surface area contributed by atoms with Gasteiger partial charge >= 0.3 is 0 Å². The molecule has 0 radical (unpaired) electrons. The van der Waals surface area contributed by atoms with E-state index < -0.39 is 11.0 Å². The van der Waals surface area contributed by atoms with Gasteiger partial charge in [-0.3, -0.25) is 14.9 Å². The van der Waals surface area contributed by atoms with E-state index in [1.165, 1.54) is 6.07 Å². The summed E-state index contributed by atoms with van der Waals surface area (Å²) in [5.41, 5.74) is 1.38. The Bertz CT molecular complexity index is 576. The van der Waals surface area contributed by atoms with Crippen LogP contribution in [0.5, 0.6) is 0 Å². The molecule has 7 nitrogen and oxygen atoms in total. The number of amides is 1. The smallest absolute Gasteiger partial charge is 0.292 e. The number of aliphatic hydroxyl groups is 1. The first-order valence-electron chi connectivity index (χ1n) is 7.93. The number of aliphatic hydroxyl groups excluding tert-OH is 1. The predicted molar refractivity (Wildman–Crippen MR) is 87.3 cm³/mol. The van der Waals surface area contributed by atoms with Crippen LogP contribution in [-0.2, 0) is 4.79 Å². The maximum Gasteiger partial charge on any atom is 0.292 e. The molecule has 2 rings (SSSR count). The summed E-state index contributed by atoms with van der Waals surface area (Å²) < 4.78 is 0. The molecular weight excluding hydrogens is 298 g/mol. The number of benzene rings is 1. The van der Waals surface area contributed by atoms with Crippen molar-refractivity contribution in [1.82, 2.24) is 5.32 Å². The number of nitrogens with one attached hydrogen (secondary N) is 2. The van der Waals surface area contributed by atoms with E-state index >= 15 is 0 Å². The molecule has 7 heteroatoms. The summed E-state index contributed by atoms with van der Waals surface area (Å²) in [6.45, 7) is 2.82. The minimum atomic E-state index is -0.525. The van der Waals surface area contributed by atoms with Gasteiger partial charge in [0.05, 0.1) is 16.9 Å². The third-order valence-electron chi connectivity index (χ3n) is 4.13. The first kappa shape index (κ1) is 17.2. The van der Waals surface area contributed by atoms with Gasteiger partial charge in [0, 0.05) is 19.2 Å². The molecule has 0 aromatic heterocycles. The molecule has 1 aliphatic rings. The zero-order valence-corrected chi connectivity index (χ0v) is 13.2. The van der Waals surface area contributed by atoms with Crippen molar-refractivity contribution in [2.24, 2.45) is 5.92 Å². The number of nitro benzene ring substituents is 1. The molecule has 0 bridgehead atoms. The molecular formula is C16H23N3O4. The number of carbonyl (C=O) groups excluding carboxylic acids is 1. The van der Waals surface area contributed by atoms with E-state index in [1.807, 2.05) is 13.0 Å². The monoisotopic (exact) mass is 321 g/mol. The summed E-state index contributed by atoms with van der Waals surface area (Å²) in [6, 6.07) is 5.05. The summed E-state index contributed by atoms with van der Waals surface area (Å²) in [5.74, 6) is -0.391. The van der Waals surface area contributed by atoms with Crippen molar-refractivity contribution in [3.8, 4) is 0 Å². The third-order valence-corrected chi connectivity index (χ3v) is 4.13. The second kappa shape index (κ2) is 7.92. The maximum atomic E-state index is 11.9. The fourth-order valence-corrected chi connectivity index (χ4v) is 2.84. The average Bonchev–Trinajstić information content (AvgIpc) is 2.94. The van der Waals surface area contributed by atoms with Crippen LogP contribution in [0.15, 0.2) is 18.2 Å². The van der Waals surface area contributed by atoms with Gasteiger partial charge < -0.3 is 15.7 Å². The van der Waals surface area contributed by atoms with Crippen molar-refractivity contribution in [2.45, 2.75) is 38.7 Å². The van der Waals surface area contributed by atoms with Crippen molar-refractivity contribution in [3.05, 3.63) is 33.9 Å². The van der Waals surface area contributed by atoms with E-state index in [2.05, 4.69) is 10.6 Å². The van der Waals surface area contributed by atoms with Gasteiger partial charge in [-0.1, -0.05) is 6.07 Å². The van der Waals surface area contributed by atoms with Gasteiger partial charge in [0.2, 0.25) is 5.91 Å². The van der Waals surface area contributed by atoms with Gasteiger partial charge in [-0.05, 0) is 44.2 Å². The Morgan fingerprint density at radius 2 is 2.17 bits per heavy atom. The largest absolute Gasteiger partial charge is 0.392 e. The summed E-state index contributed by atoms with van der Waals surface area (Å²) in [5, 5.41) is 26.5. The number of nitro groups is 1. The number of anilines is 1. The molecule has 2 unspecified atom stereocenters. The SMILES string of the molecule is Cc1ccc(NCCCNC(=O)C2CCCC2O)c([N+](=O)[O-])c1. The van der Waals surface area contributed by atoms with Crippen LogP contribution < -0.4 is 10.6 Å². The number of carbonyl (C=O) groups is 1. The minimum Gasteiger partial charge on any atom is -0.392 e. The van der Waals surface area contributed by atoms with Crippen LogP contribution in [-0.4, -0.2) is 35.1 Å². The summed E-state index contributed by atoms with van der Waals surface area (Å²) >= 11 is 0. The minimum absolute atomic E-state index is 0.0584. The molecule has 2 atom stereocenters. The van der Waals surface area contributed by atoms with Crippen molar-refractivity contribution in [1.29, 1.82) is 0 Å². The van der Waals surface area contributed by atoms with E-state index in [4.69, 9.17) is 0 Å². The van der Waals surface area contributed by atoms with E-state index in [-0.39, 0.29) is 17.5 Å². The lowest BCUT2D eigenvalue weighted by molar-refractivity contribution is -0.384. The molecule has 23 heavy (non-hydrogen) atoms. The average molecular weight is 321 g/mol. The molecule has 0 heterocycles. The van der Waals surface area contributed by atoms with Crippen LogP contribution in [0.1, 0.15) is 31.2 Å². The molecule has 1 aromatic carbocycles.